The van der Waals surface area contributed by atoms with E-state index in [1.54, 1.807) is 18.2 Å². The molecule has 0 fully saturated rings. The van der Waals surface area contributed by atoms with E-state index in [9.17, 15) is 9.59 Å². The molecule has 5 nitrogen and oxygen atoms in total. The number of amides is 2. The van der Waals surface area contributed by atoms with Crippen LogP contribution in [0, 0.1) is 0 Å². The third kappa shape index (κ3) is 3.38. The predicted octanol–water partition coefficient (Wildman–Crippen LogP) is 4.12. The lowest BCUT2D eigenvalue weighted by Crippen LogP contribution is -2.11. The van der Waals surface area contributed by atoms with E-state index in [1.165, 1.54) is 25.4 Å². The Labute approximate surface area is 143 Å². The lowest BCUT2D eigenvalue weighted by Gasteiger charge is -2.11. The highest BCUT2D eigenvalue weighted by Crippen LogP contribution is 2.29. The smallest absolute Gasteiger partial charge is 0.265 e. The number of hydrogen-bond acceptors (Lipinski definition) is 4. The number of rotatable bonds is 4. The lowest BCUT2D eigenvalue weighted by atomic mass is 10.2. The molecule has 2 amide bonds. The number of ether oxygens (including phenoxy) is 1. The molecule has 6 heteroatoms. The van der Waals surface area contributed by atoms with E-state index in [4.69, 9.17) is 4.74 Å². The van der Waals surface area contributed by atoms with Crippen molar-refractivity contribution in [1.29, 1.82) is 0 Å². The Morgan fingerprint density at radius 1 is 1.04 bits per heavy atom. The van der Waals surface area contributed by atoms with Crippen LogP contribution in [0.3, 0.4) is 0 Å². The quantitative estimate of drug-likeness (QED) is 0.751. The molecule has 0 radical (unpaired) electrons. The van der Waals surface area contributed by atoms with Crippen LogP contribution < -0.4 is 15.4 Å². The van der Waals surface area contributed by atoms with E-state index in [1.807, 2.05) is 30.3 Å². The fourth-order valence-electron chi connectivity index (χ4n) is 2.36. The fraction of sp³-hybridized carbons (Fsp3) is 0.111. The average molecular weight is 340 g/mol. The Kier molecular flexibility index (Phi) is 4.48. The summed E-state index contributed by atoms with van der Waals surface area (Å²) in [5.74, 6) is 0.140. The molecule has 0 atom stereocenters. The van der Waals surface area contributed by atoms with Gasteiger partial charge in [0.25, 0.3) is 5.91 Å². The van der Waals surface area contributed by atoms with Gasteiger partial charge in [-0.15, -0.1) is 11.3 Å². The van der Waals surface area contributed by atoms with Crippen molar-refractivity contribution < 1.29 is 14.3 Å². The molecular formula is C18H16N2O3S. The van der Waals surface area contributed by atoms with Crippen LogP contribution in [0.5, 0.6) is 5.75 Å². The first kappa shape index (κ1) is 16.0. The molecule has 0 bridgehead atoms. The minimum absolute atomic E-state index is 0.185. The van der Waals surface area contributed by atoms with Gasteiger partial charge in [0, 0.05) is 17.3 Å². The van der Waals surface area contributed by atoms with Crippen LogP contribution >= 0.6 is 11.3 Å². The Morgan fingerprint density at radius 3 is 2.54 bits per heavy atom. The maximum absolute atomic E-state index is 12.5. The first-order valence-corrected chi connectivity index (χ1v) is 8.14. The Morgan fingerprint density at radius 2 is 1.83 bits per heavy atom. The summed E-state index contributed by atoms with van der Waals surface area (Å²) in [7, 11) is 1.52. The average Bonchev–Trinajstić information content (AvgIpc) is 2.99. The van der Waals surface area contributed by atoms with Crippen molar-refractivity contribution >= 4 is 44.6 Å². The molecule has 0 unspecified atom stereocenters. The highest BCUT2D eigenvalue weighted by molar-refractivity contribution is 7.20. The Balaban J connectivity index is 1.84. The maximum atomic E-state index is 12.5. The first-order valence-electron chi connectivity index (χ1n) is 7.32. The van der Waals surface area contributed by atoms with Crippen LogP contribution in [-0.4, -0.2) is 18.9 Å². The van der Waals surface area contributed by atoms with Gasteiger partial charge in [-0.2, -0.15) is 0 Å². The molecule has 0 aliphatic rings. The molecule has 0 aliphatic heterocycles. The molecule has 0 aliphatic carbocycles. The van der Waals surface area contributed by atoms with Crippen molar-refractivity contribution in [1.82, 2.24) is 0 Å². The number of fused-ring (bicyclic) bond motifs is 1. The normalized spacial score (nSPS) is 10.4. The third-order valence-corrected chi connectivity index (χ3v) is 4.53. The van der Waals surface area contributed by atoms with Crippen molar-refractivity contribution in [2.75, 3.05) is 17.7 Å². The number of benzene rings is 2. The summed E-state index contributed by atoms with van der Waals surface area (Å²) in [5.41, 5.74) is 1.10. The van der Waals surface area contributed by atoms with Crippen LogP contribution in [0.4, 0.5) is 11.4 Å². The number of carbonyl (C=O) groups is 2. The van der Waals surface area contributed by atoms with E-state index in [0.717, 1.165) is 10.1 Å². The van der Waals surface area contributed by atoms with Gasteiger partial charge in [0.15, 0.2) is 0 Å². The van der Waals surface area contributed by atoms with Gasteiger partial charge in [-0.25, -0.2) is 0 Å². The number of nitrogens with one attached hydrogen (secondary N) is 2. The van der Waals surface area contributed by atoms with Crippen LogP contribution in [0.1, 0.15) is 16.6 Å². The monoisotopic (exact) mass is 340 g/mol. The zero-order valence-electron chi connectivity index (χ0n) is 13.3. The molecule has 2 aromatic carbocycles. The molecule has 0 spiro atoms. The molecule has 0 saturated heterocycles. The van der Waals surface area contributed by atoms with Crippen LogP contribution in [0.15, 0.2) is 48.5 Å². The Bertz CT molecular complexity index is 885. The van der Waals surface area contributed by atoms with Crippen molar-refractivity contribution in [2.45, 2.75) is 6.92 Å². The Hall–Kier alpha value is -2.86. The second kappa shape index (κ2) is 6.72. The van der Waals surface area contributed by atoms with Gasteiger partial charge in [-0.05, 0) is 35.7 Å². The van der Waals surface area contributed by atoms with E-state index in [-0.39, 0.29) is 11.8 Å². The summed E-state index contributed by atoms with van der Waals surface area (Å²) in [6, 6.07) is 14.8. The molecule has 24 heavy (non-hydrogen) atoms. The van der Waals surface area contributed by atoms with Gasteiger partial charge < -0.3 is 15.4 Å². The molecule has 1 aromatic heterocycles. The lowest BCUT2D eigenvalue weighted by molar-refractivity contribution is -0.114. The summed E-state index contributed by atoms with van der Waals surface area (Å²) in [5, 5.41) is 6.58. The van der Waals surface area contributed by atoms with Gasteiger partial charge in [0.2, 0.25) is 5.91 Å². The van der Waals surface area contributed by atoms with Gasteiger partial charge in [-0.3, -0.25) is 9.59 Å². The van der Waals surface area contributed by atoms with Gasteiger partial charge in [-0.1, -0.05) is 18.2 Å². The number of methoxy groups -OCH3 is 1. The van der Waals surface area contributed by atoms with E-state index >= 15 is 0 Å². The van der Waals surface area contributed by atoms with Gasteiger partial charge in [0.05, 0.1) is 17.7 Å². The highest BCUT2D eigenvalue weighted by Gasteiger charge is 2.12. The standard InChI is InChI=1S/C18H16N2O3S/c1-11(21)19-14-10-13(7-8-15(14)23-2)20-18(22)17-9-12-5-3-4-6-16(12)24-17/h3-10H,1-2H3,(H,19,21)(H,20,22). The summed E-state index contributed by atoms with van der Waals surface area (Å²) in [6.07, 6.45) is 0. The summed E-state index contributed by atoms with van der Waals surface area (Å²) >= 11 is 1.44. The van der Waals surface area contributed by atoms with E-state index in [2.05, 4.69) is 10.6 Å². The van der Waals surface area contributed by atoms with Crippen LogP contribution in [0.25, 0.3) is 10.1 Å². The number of hydrogen-bond donors (Lipinski definition) is 2. The van der Waals surface area contributed by atoms with E-state index < -0.39 is 0 Å². The minimum Gasteiger partial charge on any atom is -0.495 e. The highest BCUT2D eigenvalue weighted by atomic mass is 32.1. The minimum atomic E-state index is -0.207. The van der Waals surface area contributed by atoms with Crippen molar-refractivity contribution in [3.8, 4) is 5.75 Å². The zero-order valence-corrected chi connectivity index (χ0v) is 14.1. The van der Waals surface area contributed by atoms with Gasteiger partial charge >= 0.3 is 0 Å². The zero-order chi connectivity index (χ0) is 17.1. The summed E-state index contributed by atoms with van der Waals surface area (Å²) in [4.78, 5) is 24.4. The summed E-state index contributed by atoms with van der Waals surface area (Å²) < 4.78 is 6.27. The van der Waals surface area contributed by atoms with Crippen molar-refractivity contribution in [3.63, 3.8) is 0 Å². The molecule has 122 valence electrons. The third-order valence-electron chi connectivity index (χ3n) is 3.42. The molecule has 2 N–H and O–H groups in total. The topological polar surface area (TPSA) is 67.4 Å². The molecule has 0 saturated carbocycles. The number of thiophene rings is 1. The van der Waals surface area contributed by atoms with Crippen molar-refractivity contribution in [2.24, 2.45) is 0 Å². The molecule has 1 heterocycles. The van der Waals surface area contributed by atoms with Crippen molar-refractivity contribution in [3.05, 3.63) is 53.4 Å². The summed E-state index contributed by atoms with van der Waals surface area (Å²) in [6.45, 7) is 1.42. The maximum Gasteiger partial charge on any atom is 0.265 e. The first-order chi connectivity index (χ1) is 11.6. The predicted molar refractivity (Wildman–Crippen MR) is 97.1 cm³/mol. The second-order valence-corrected chi connectivity index (χ2v) is 6.28. The largest absolute Gasteiger partial charge is 0.495 e. The molecule has 3 aromatic rings. The second-order valence-electron chi connectivity index (χ2n) is 5.20. The number of carbonyl (C=O) groups excluding carboxylic acids is 2. The molecule has 3 rings (SSSR count). The van der Waals surface area contributed by atoms with Crippen LogP contribution in [-0.2, 0) is 4.79 Å². The molecular weight excluding hydrogens is 324 g/mol. The van der Waals surface area contributed by atoms with Crippen LogP contribution in [0.2, 0.25) is 0 Å². The number of anilines is 2. The SMILES string of the molecule is COc1ccc(NC(=O)c2cc3ccccc3s2)cc1NC(C)=O. The van der Waals surface area contributed by atoms with E-state index in [0.29, 0.717) is 22.0 Å². The van der Waals surface area contributed by atoms with Gasteiger partial charge in [0.1, 0.15) is 5.75 Å². The fourth-order valence-corrected chi connectivity index (χ4v) is 3.32.